The molecule has 0 heterocycles. The minimum Gasteiger partial charge on any atom is -0.206 e. The maximum atomic E-state index is 13.2. The van der Waals surface area contributed by atoms with E-state index in [4.69, 9.17) is 0 Å². The van der Waals surface area contributed by atoms with Gasteiger partial charge in [0, 0.05) is 11.3 Å². The van der Waals surface area contributed by atoms with Gasteiger partial charge in [-0.05, 0) is 24.7 Å². The van der Waals surface area contributed by atoms with Gasteiger partial charge in [-0.3, -0.25) is 0 Å². The summed E-state index contributed by atoms with van der Waals surface area (Å²) in [6.45, 7) is 1.77. The van der Waals surface area contributed by atoms with Gasteiger partial charge in [-0.1, -0.05) is 6.92 Å². The molecule has 0 saturated heterocycles. The summed E-state index contributed by atoms with van der Waals surface area (Å²) in [4.78, 5) is 0. The van der Waals surface area contributed by atoms with Crippen LogP contribution < -0.4 is 0 Å². The Hall–Kier alpha value is -0.140. The first-order chi connectivity index (χ1) is 4.58. The highest BCUT2D eigenvalue weighted by Gasteiger charge is 2.85. The van der Waals surface area contributed by atoms with Gasteiger partial charge in [0.2, 0.25) is 0 Å². The SMILES string of the molecule is CC12C3CC(CC31)C2(F)F. The highest BCUT2D eigenvalue weighted by atomic mass is 19.3. The topological polar surface area (TPSA) is 0 Å². The Morgan fingerprint density at radius 2 is 1.70 bits per heavy atom. The van der Waals surface area contributed by atoms with E-state index in [9.17, 15) is 8.78 Å². The Kier molecular flexibility index (Phi) is 0.576. The van der Waals surface area contributed by atoms with Crippen molar-refractivity contribution in [1.82, 2.24) is 0 Å². The number of rotatable bonds is 0. The minimum absolute atomic E-state index is 0.243. The second-order valence-corrected chi connectivity index (χ2v) is 4.29. The summed E-state index contributed by atoms with van der Waals surface area (Å²) >= 11 is 0. The molecule has 4 rings (SSSR count). The molecular formula is C8H10F2. The molecule has 0 radical (unpaired) electrons. The van der Waals surface area contributed by atoms with Gasteiger partial charge in [0.15, 0.2) is 0 Å². The van der Waals surface area contributed by atoms with Gasteiger partial charge in [-0.2, -0.15) is 0 Å². The van der Waals surface area contributed by atoms with E-state index in [1.54, 1.807) is 6.92 Å². The van der Waals surface area contributed by atoms with Crippen LogP contribution >= 0.6 is 0 Å². The zero-order valence-electron chi connectivity index (χ0n) is 5.90. The van der Waals surface area contributed by atoms with Gasteiger partial charge in [-0.25, -0.2) is 8.78 Å². The van der Waals surface area contributed by atoms with Crippen LogP contribution in [0.3, 0.4) is 0 Å². The van der Waals surface area contributed by atoms with E-state index in [1.807, 2.05) is 0 Å². The lowest BCUT2D eigenvalue weighted by atomic mass is 10.0. The molecule has 0 aromatic heterocycles. The van der Waals surface area contributed by atoms with E-state index in [2.05, 4.69) is 0 Å². The van der Waals surface area contributed by atoms with Crippen molar-refractivity contribution >= 4 is 0 Å². The number of hydrogen-bond donors (Lipinski definition) is 0. The first-order valence-electron chi connectivity index (χ1n) is 3.96. The molecular weight excluding hydrogens is 134 g/mol. The van der Waals surface area contributed by atoms with Crippen molar-refractivity contribution in [3.8, 4) is 0 Å². The van der Waals surface area contributed by atoms with Crippen molar-refractivity contribution in [2.45, 2.75) is 25.7 Å². The van der Waals surface area contributed by atoms with Crippen molar-refractivity contribution in [2.24, 2.45) is 23.2 Å². The lowest BCUT2D eigenvalue weighted by Gasteiger charge is -2.18. The van der Waals surface area contributed by atoms with Gasteiger partial charge in [0.25, 0.3) is 5.92 Å². The molecule has 4 fully saturated rings. The fraction of sp³-hybridized carbons (Fsp3) is 1.00. The third kappa shape index (κ3) is 0.272. The maximum Gasteiger partial charge on any atom is 0.256 e. The van der Waals surface area contributed by atoms with Crippen LogP contribution in [0, 0.1) is 23.2 Å². The monoisotopic (exact) mass is 144 g/mol. The minimum atomic E-state index is -2.30. The Morgan fingerprint density at radius 1 is 1.20 bits per heavy atom. The van der Waals surface area contributed by atoms with E-state index < -0.39 is 11.3 Å². The molecule has 4 saturated carbocycles. The van der Waals surface area contributed by atoms with Crippen LogP contribution in [0.2, 0.25) is 0 Å². The highest BCUT2D eigenvalue weighted by molar-refractivity contribution is 5.28. The van der Waals surface area contributed by atoms with Crippen LogP contribution in [0.25, 0.3) is 0 Å². The zero-order valence-corrected chi connectivity index (χ0v) is 5.90. The molecule has 10 heavy (non-hydrogen) atoms. The van der Waals surface area contributed by atoms with Gasteiger partial charge in [-0.15, -0.1) is 0 Å². The predicted molar refractivity (Wildman–Crippen MR) is 32.8 cm³/mol. The fourth-order valence-electron chi connectivity index (χ4n) is 3.46. The van der Waals surface area contributed by atoms with E-state index in [0.29, 0.717) is 11.8 Å². The molecule has 4 aliphatic rings. The lowest BCUT2D eigenvalue weighted by molar-refractivity contribution is -0.0721. The molecule has 2 heteroatoms. The van der Waals surface area contributed by atoms with Gasteiger partial charge in [0.05, 0.1) is 0 Å². The molecule has 0 aromatic carbocycles. The van der Waals surface area contributed by atoms with Crippen LogP contribution in [0.1, 0.15) is 19.8 Å². The first-order valence-corrected chi connectivity index (χ1v) is 3.96. The third-order valence-electron chi connectivity index (χ3n) is 4.22. The summed E-state index contributed by atoms with van der Waals surface area (Å²) in [5, 5.41) is 0. The summed E-state index contributed by atoms with van der Waals surface area (Å²) in [6, 6.07) is 0. The van der Waals surface area contributed by atoms with Crippen LogP contribution in [0.15, 0.2) is 0 Å². The molecule has 4 aliphatic carbocycles. The highest BCUT2D eigenvalue weighted by Crippen LogP contribution is 2.84. The molecule has 0 nitrogen and oxygen atoms in total. The average Bonchev–Trinajstić information content (AvgIpc) is 2.30. The Balaban J connectivity index is 2.17. The van der Waals surface area contributed by atoms with Crippen LogP contribution in [-0.2, 0) is 0 Å². The van der Waals surface area contributed by atoms with Crippen LogP contribution in [-0.4, -0.2) is 5.92 Å². The first kappa shape index (κ1) is 5.50. The van der Waals surface area contributed by atoms with Crippen molar-refractivity contribution < 1.29 is 8.78 Å². The lowest BCUT2D eigenvalue weighted by Crippen LogP contribution is -2.27. The summed E-state index contributed by atoms with van der Waals surface area (Å²) in [5.74, 6) is -1.75. The molecule has 2 unspecified atom stereocenters. The summed E-state index contributed by atoms with van der Waals surface area (Å²) in [6.07, 6.45) is 1.63. The van der Waals surface area contributed by atoms with Crippen LogP contribution in [0.4, 0.5) is 8.78 Å². The summed E-state index contributed by atoms with van der Waals surface area (Å²) in [5.41, 5.74) is -0.544. The average molecular weight is 144 g/mol. The van der Waals surface area contributed by atoms with E-state index in [1.165, 1.54) is 0 Å². The van der Waals surface area contributed by atoms with Gasteiger partial charge in [0.1, 0.15) is 0 Å². The molecule has 0 N–H and O–H groups in total. The fourth-order valence-corrected chi connectivity index (χ4v) is 3.46. The molecule has 4 bridgehead atoms. The standard InChI is InChI=1S/C8H10F2/c1-7-5-2-4(3-6(5)7)8(7,9)10/h4-6H,2-3H2,1H3. The molecule has 2 atom stereocenters. The summed E-state index contributed by atoms with van der Waals surface area (Å²) < 4.78 is 26.4. The van der Waals surface area contributed by atoms with Gasteiger partial charge < -0.3 is 0 Å². The second-order valence-electron chi connectivity index (χ2n) is 4.29. The predicted octanol–water partition coefficient (Wildman–Crippen LogP) is 2.30. The second kappa shape index (κ2) is 1.05. The molecule has 0 aromatic rings. The Morgan fingerprint density at radius 3 is 1.80 bits per heavy atom. The van der Waals surface area contributed by atoms with Crippen molar-refractivity contribution in [3.63, 3.8) is 0 Å². The Labute approximate surface area is 58.6 Å². The van der Waals surface area contributed by atoms with E-state index >= 15 is 0 Å². The van der Waals surface area contributed by atoms with Crippen molar-refractivity contribution in [2.75, 3.05) is 0 Å². The zero-order chi connectivity index (χ0) is 7.15. The number of halogens is 2. The third-order valence-corrected chi connectivity index (χ3v) is 4.22. The smallest absolute Gasteiger partial charge is 0.206 e. The number of hydrogen-bond acceptors (Lipinski definition) is 0. The quantitative estimate of drug-likeness (QED) is 0.489. The maximum absolute atomic E-state index is 13.2. The van der Waals surface area contributed by atoms with E-state index in [0.717, 1.165) is 12.8 Å². The molecule has 0 spiro atoms. The molecule has 0 amide bonds. The normalized spacial score (nSPS) is 66.9. The van der Waals surface area contributed by atoms with Crippen molar-refractivity contribution in [1.29, 1.82) is 0 Å². The van der Waals surface area contributed by atoms with Crippen LogP contribution in [0.5, 0.6) is 0 Å². The number of alkyl halides is 2. The van der Waals surface area contributed by atoms with Gasteiger partial charge >= 0.3 is 0 Å². The van der Waals surface area contributed by atoms with Crippen molar-refractivity contribution in [3.05, 3.63) is 0 Å². The largest absolute Gasteiger partial charge is 0.256 e. The van der Waals surface area contributed by atoms with E-state index in [-0.39, 0.29) is 5.92 Å². The molecule has 56 valence electrons. The Bertz CT molecular complexity index is 195. The summed E-state index contributed by atoms with van der Waals surface area (Å²) in [7, 11) is 0. The molecule has 0 aliphatic heterocycles.